The lowest BCUT2D eigenvalue weighted by Crippen LogP contribution is -2.45. The zero-order valence-electron chi connectivity index (χ0n) is 19.1. The van der Waals surface area contributed by atoms with Crippen LogP contribution in [-0.4, -0.2) is 93.6 Å². The normalized spacial score (nSPS) is 16.9. The van der Waals surface area contributed by atoms with Gasteiger partial charge in [-0.05, 0) is 44.3 Å². The van der Waals surface area contributed by atoms with Crippen LogP contribution in [0, 0.1) is 0 Å². The summed E-state index contributed by atoms with van der Waals surface area (Å²) < 4.78 is 55.4. The van der Waals surface area contributed by atoms with Gasteiger partial charge in [0, 0.05) is 42.5 Å². The molecular weight excluding hydrogens is 498 g/mol. The fourth-order valence-electron chi connectivity index (χ4n) is 3.76. The maximum atomic E-state index is 9.86. The maximum absolute atomic E-state index is 9.86. The van der Waals surface area contributed by atoms with E-state index in [2.05, 4.69) is 70.3 Å². The first-order valence-corrected chi connectivity index (χ1v) is 15.0. The van der Waals surface area contributed by atoms with E-state index in [0.29, 0.717) is 0 Å². The van der Waals surface area contributed by atoms with Gasteiger partial charge < -0.3 is 14.7 Å². The molecule has 9 nitrogen and oxygen atoms in total. The Balaban J connectivity index is 0.000000277. The Labute approximate surface area is 206 Å². The van der Waals surface area contributed by atoms with Crippen molar-refractivity contribution in [3.05, 3.63) is 48.5 Å². The molecule has 0 amide bonds. The van der Waals surface area contributed by atoms with Gasteiger partial charge in [0.25, 0.3) is 20.2 Å². The lowest BCUT2D eigenvalue weighted by atomic mass is 10.2. The van der Waals surface area contributed by atoms with Crippen molar-refractivity contribution in [1.82, 2.24) is 9.80 Å². The van der Waals surface area contributed by atoms with Gasteiger partial charge in [0.15, 0.2) is 0 Å². The van der Waals surface area contributed by atoms with Crippen molar-refractivity contribution in [2.75, 3.05) is 62.7 Å². The fraction of sp³-hybridized carbons (Fsp3) is 0.455. The number of rotatable bonds is 7. The molecule has 2 aliphatic heterocycles. The molecule has 34 heavy (non-hydrogen) atoms. The molecule has 0 spiro atoms. The zero-order valence-corrected chi connectivity index (χ0v) is 21.5. The quantitative estimate of drug-likeness (QED) is 0.518. The lowest BCUT2D eigenvalue weighted by molar-refractivity contribution is 0.153. The highest BCUT2D eigenvalue weighted by Crippen LogP contribution is 2.47. The maximum Gasteiger partial charge on any atom is 0.265 e. The van der Waals surface area contributed by atoms with Crippen LogP contribution in [0.2, 0.25) is 0 Å². The van der Waals surface area contributed by atoms with E-state index in [4.69, 9.17) is 9.11 Å². The Bertz CT molecular complexity index is 1090. The van der Waals surface area contributed by atoms with Gasteiger partial charge in [-0.25, -0.2) is 0 Å². The van der Waals surface area contributed by atoms with E-state index in [1.165, 1.54) is 60.3 Å². The third kappa shape index (κ3) is 8.52. The van der Waals surface area contributed by atoms with Crippen LogP contribution in [0.4, 0.5) is 11.4 Å². The second kappa shape index (κ2) is 11.8. The highest BCUT2D eigenvalue weighted by molar-refractivity contribution is 7.99. The van der Waals surface area contributed by atoms with Crippen LogP contribution in [0.5, 0.6) is 0 Å². The molecule has 1 fully saturated rings. The first-order chi connectivity index (χ1) is 16.0. The summed E-state index contributed by atoms with van der Waals surface area (Å²) in [5.74, 6) is -1.96. The molecule has 2 heterocycles. The van der Waals surface area contributed by atoms with Crippen molar-refractivity contribution in [3.8, 4) is 0 Å². The molecule has 0 unspecified atom stereocenters. The molecule has 0 aromatic heterocycles. The largest absolute Gasteiger partial charge is 0.340 e. The van der Waals surface area contributed by atoms with Crippen molar-refractivity contribution in [3.63, 3.8) is 0 Å². The number of anilines is 2. The number of benzene rings is 2. The monoisotopic (exact) mass is 529 g/mol. The molecule has 1 saturated heterocycles. The van der Waals surface area contributed by atoms with E-state index in [1.54, 1.807) is 0 Å². The molecule has 12 heteroatoms. The molecule has 2 N–H and O–H groups in total. The Morgan fingerprint density at radius 2 is 1.24 bits per heavy atom. The topological polar surface area (TPSA) is 118 Å². The average molecular weight is 530 g/mol. The molecule has 4 rings (SSSR count). The van der Waals surface area contributed by atoms with Crippen LogP contribution < -0.4 is 4.90 Å². The first kappa shape index (κ1) is 26.9. The Morgan fingerprint density at radius 1 is 0.765 bits per heavy atom. The minimum atomic E-state index is -4.30. The summed E-state index contributed by atoms with van der Waals surface area (Å²) in [6.07, 6.45) is 1.21. The van der Waals surface area contributed by atoms with Gasteiger partial charge in [-0.15, -0.1) is 0 Å². The van der Waals surface area contributed by atoms with Crippen molar-refractivity contribution in [1.29, 1.82) is 0 Å². The fourth-order valence-corrected chi connectivity index (χ4v) is 6.54. The first-order valence-electron chi connectivity index (χ1n) is 11.0. The van der Waals surface area contributed by atoms with Crippen LogP contribution >= 0.6 is 11.8 Å². The summed E-state index contributed by atoms with van der Waals surface area (Å²) in [5, 5.41) is 0. The van der Waals surface area contributed by atoms with Crippen LogP contribution in [0.1, 0.15) is 6.42 Å². The summed E-state index contributed by atoms with van der Waals surface area (Å²) in [6.45, 7) is 7.10. The number of hydrogen-bond acceptors (Lipinski definition) is 8. The number of likely N-dealkylation sites (N-methyl/N-ethyl adjacent to an activating group) is 1. The summed E-state index contributed by atoms with van der Waals surface area (Å²) in [7, 11) is -6.37. The zero-order chi connectivity index (χ0) is 24.8. The molecule has 0 saturated carbocycles. The molecule has 0 radical (unpaired) electrons. The molecule has 2 aromatic rings. The van der Waals surface area contributed by atoms with E-state index in [1.807, 2.05) is 11.8 Å². The van der Waals surface area contributed by atoms with Gasteiger partial charge >= 0.3 is 0 Å². The third-order valence-electron chi connectivity index (χ3n) is 5.58. The summed E-state index contributed by atoms with van der Waals surface area (Å²) in [4.78, 5) is 10.3. The number of hydrogen-bond donors (Lipinski definition) is 2. The van der Waals surface area contributed by atoms with Crippen LogP contribution in [0.3, 0.4) is 0 Å². The minimum absolute atomic E-state index is 0.980. The van der Waals surface area contributed by atoms with Gasteiger partial charge in [-0.2, -0.15) is 16.8 Å². The summed E-state index contributed by atoms with van der Waals surface area (Å²) in [6, 6.07) is 17.6. The molecular formula is C22H31N3O6S3. The Kier molecular flexibility index (Phi) is 9.38. The Hall–Kier alpha value is -1.67. The minimum Gasteiger partial charge on any atom is -0.340 e. The molecule has 0 bridgehead atoms. The van der Waals surface area contributed by atoms with Crippen molar-refractivity contribution >= 4 is 43.4 Å². The molecule has 2 aliphatic rings. The van der Waals surface area contributed by atoms with Crippen LogP contribution in [-0.2, 0) is 20.2 Å². The average Bonchev–Trinajstić information content (AvgIpc) is 2.78. The highest BCUT2D eigenvalue weighted by Gasteiger charge is 2.22. The molecule has 2 aromatic carbocycles. The highest BCUT2D eigenvalue weighted by atomic mass is 32.2. The number of nitrogens with zero attached hydrogens (tertiary/aromatic N) is 3. The van der Waals surface area contributed by atoms with Crippen LogP contribution in [0.15, 0.2) is 58.3 Å². The number of para-hydroxylation sites is 2. The second-order valence-corrected chi connectivity index (χ2v) is 12.5. The predicted molar refractivity (Wildman–Crippen MR) is 135 cm³/mol. The van der Waals surface area contributed by atoms with Gasteiger partial charge in [-0.1, -0.05) is 36.0 Å². The Morgan fingerprint density at radius 3 is 1.71 bits per heavy atom. The second-order valence-electron chi connectivity index (χ2n) is 8.26. The molecule has 0 atom stereocenters. The standard InChI is InChI=1S/C20H25N3S.C2H6O6S2/c1-21-13-15-22(16-14-21)11-6-12-23-17-7-2-4-9-19(17)24-20-10-5-3-8-18(20)23;3-9(4,5)1-2-10(6,7)8/h2-5,7-10H,6,11-16H2,1H3;1-2H2,(H,3,4,5)(H,6,7,8). The third-order valence-corrected chi connectivity index (χ3v) is 8.41. The summed E-state index contributed by atoms with van der Waals surface area (Å²) in [5.41, 5.74) is 2.72. The van der Waals surface area contributed by atoms with E-state index in [-0.39, 0.29) is 0 Å². The molecule has 0 aliphatic carbocycles. The number of fused-ring (bicyclic) bond motifs is 2. The smallest absolute Gasteiger partial charge is 0.265 e. The number of piperazine rings is 1. The van der Waals surface area contributed by atoms with Gasteiger partial charge in [-0.3, -0.25) is 9.11 Å². The summed E-state index contributed by atoms with van der Waals surface area (Å²) >= 11 is 1.89. The van der Waals surface area contributed by atoms with E-state index < -0.39 is 31.7 Å². The van der Waals surface area contributed by atoms with Crippen molar-refractivity contribution in [2.45, 2.75) is 16.2 Å². The van der Waals surface area contributed by atoms with Gasteiger partial charge in [0.1, 0.15) is 0 Å². The van der Waals surface area contributed by atoms with Gasteiger partial charge in [0.05, 0.1) is 22.9 Å². The predicted octanol–water partition coefficient (Wildman–Crippen LogP) is 2.69. The van der Waals surface area contributed by atoms with E-state index in [9.17, 15) is 16.8 Å². The van der Waals surface area contributed by atoms with Crippen LogP contribution in [0.25, 0.3) is 0 Å². The van der Waals surface area contributed by atoms with Crippen molar-refractivity contribution in [2.24, 2.45) is 0 Å². The van der Waals surface area contributed by atoms with Gasteiger partial charge in [0.2, 0.25) is 0 Å². The van der Waals surface area contributed by atoms with Crippen molar-refractivity contribution < 1.29 is 25.9 Å². The van der Waals surface area contributed by atoms with E-state index >= 15 is 0 Å². The SMILES string of the molecule is CN1CCN(CCCN2c3ccccc3Sc3ccccc32)CC1.O=S(=O)(O)CCS(=O)(=O)O. The molecule has 188 valence electrons. The lowest BCUT2D eigenvalue weighted by Gasteiger charge is -2.35. The van der Waals surface area contributed by atoms with E-state index in [0.717, 1.165) is 6.54 Å².